The highest BCUT2D eigenvalue weighted by molar-refractivity contribution is 5.72. The fourth-order valence-corrected chi connectivity index (χ4v) is 1.23. The van der Waals surface area contributed by atoms with Gasteiger partial charge in [0.25, 0.3) is 0 Å². The van der Waals surface area contributed by atoms with Crippen molar-refractivity contribution in [3.05, 3.63) is 48.3 Å². The molecule has 0 aliphatic carbocycles. The van der Waals surface area contributed by atoms with Gasteiger partial charge < -0.3 is 10.5 Å². The van der Waals surface area contributed by atoms with Gasteiger partial charge in [0.15, 0.2) is 6.29 Å². The second-order valence-electron chi connectivity index (χ2n) is 5.64. The number of aldehydes is 1. The van der Waals surface area contributed by atoms with E-state index in [0.717, 1.165) is 5.92 Å². The van der Waals surface area contributed by atoms with Crippen LogP contribution in [0.4, 0.5) is 5.69 Å². The summed E-state index contributed by atoms with van der Waals surface area (Å²) in [4.78, 5) is 14.4. The summed E-state index contributed by atoms with van der Waals surface area (Å²) in [6.07, 6.45) is 3.45. The minimum Gasteiger partial charge on any atom is -0.457 e. The Bertz CT molecular complexity index is 549. The molecule has 2 N–H and O–H groups in total. The molecular formula is C21H34N2O2. The third-order valence-electron chi connectivity index (χ3n) is 1.99. The second-order valence-corrected chi connectivity index (χ2v) is 5.64. The fraction of sp³-hybridized carbons (Fsp3) is 0.429. The molecule has 0 bridgehead atoms. The number of carbonyl (C=O) groups is 1. The van der Waals surface area contributed by atoms with Crippen LogP contribution in [0.3, 0.4) is 0 Å². The number of ether oxygens (including phenoxy) is 1. The van der Waals surface area contributed by atoms with Crippen LogP contribution in [-0.2, 0) is 0 Å². The molecule has 0 saturated heterocycles. The fourth-order valence-electron chi connectivity index (χ4n) is 1.23. The van der Waals surface area contributed by atoms with Crippen LogP contribution in [0, 0.1) is 5.92 Å². The lowest BCUT2D eigenvalue weighted by atomic mass is 10.3. The number of aromatic nitrogens is 1. The standard InChI is InChI=1S/C12H10N2O2.C4H10.C3H8.C2H6/c13-9-1-3-11(4-2-9)16-12-5-6-14-10(7-12)8-15;1-4(2)3;1-3-2;1-2/h1-8H,13H2;4H,1-3H3;3H2,1-2H3;1-2H3. The molecule has 25 heavy (non-hydrogen) atoms. The van der Waals surface area contributed by atoms with E-state index in [1.165, 1.54) is 12.6 Å². The van der Waals surface area contributed by atoms with Crippen LogP contribution in [0.1, 0.15) is 65.4 Å². The first kappa shape index (κ1) is 24.9. The summed E-state index contributed by atoms with van der Waals surface area (Å²) in [5.74, 6) is 2.07. The molecule has 0 spiro atoms. The summed E-state index contributed by atoms with van der Waals surface area (Å²) in [5, 5.41) is 0. The van der Waals surface area contributed by atoms with Gasteiger partial charge in [0.05, 0.1) is 0 Å². The Hall–Kier alpha value is -2.36. The number of nitrogens with two attached hydrogens (primary N) is 1. The van der Waals surface area contributed by atoms with Crippen LogP contribution in [0.5, 0.6) is 11.5 Å². The molecule has 2 rings (SSSR count). The lowest BCUT2D eigenvalue weighted by Gasteiger charge is -2.05. The molecule has 0 radical (unpaired) electrons. The highest BCUT2D eigenvalue weighted by Gasteiger charge is 1.99. The lowest BCUT2D eigenvalue weighted by Crippen LogP contribution is -1.90. The quantitative estimate of drug-likeness (QED) is 0.517. The number of pyridine rings is 1. The highest BCUT2D eigenvalue weighted by atomic mass is 16.5. The van der Waals surface area contributed by atoms with Crippen LogP contribution in [0.2, 0.25) is 0 Å². The summed E-state index contributed by atoms with van der Waals surface area (Å²) < 4.78 is 5.52. The van der Waals surface area contributed by atoms with E-state index in [9.17, 15) is 4.79 Å². The Morgan fingerprint density at radius 3 is 1.96 bits per heavy atom. The molecule has 0 amide bonds. The van der Waals surface area contributed by atoms with E-state index in [4.69, 9.17) is 10.5 Å². The van der Waals surface area contributed by atoms with Crippen molar-refractivity contribution < 1.29 is 9.53 Å². The molecule has 4 heteroatoms. The van der Waals surface area contributed by atoms with Crippen molar-refractivity contribution in [1.82, 2.24) is 4.98 Å². The SMILES string of the molecule is CC.CC(C)C.CCC.Nc1ccc(Oc2ccnc(C=O)c2)cc1. The molecule has 0 aliphatic rings. The van der Waals surface area contributed by atoms with Crippen molar-refractivity contribution in [1.29, 1.82) is 0 Å². The minimum atomic E-state index is 0.341. The van der Waals surface area contributed by atoms with Crippen LogP contribution in [0.15, 0.2) is 42.6 Å². The smallest absolute Gasteiger partial charge is 0.168 e. The van der Waals surface area contributed by atoms with E-state index in [-0.39, 0.29) is 0 Å². The van der Waals surface area contributed by atoms with Gasteiger partial charge in [0.1, 0.15) is 17.2 Å². The molecule has 0 fully saturated rings. The van der Waals surface area contributed by atoms with E-state index in [1.54, 1.807) is 36.4 Å². The molecule has 0 saturated carbocycles. The number of nitrogen functional groups attached to an aromatic ring is 1. The number of hydrogen-bond donors (Lipinski definition) is 1. The van der Waals surface area contributed by atoms with Gasteiger partial charge in [0.2, 0.25) is 0 Å². The summed E-state index contributed by atoms with van der Waals surface area (Å²) in [6.45, 7) is 14.7. The van der Waals surface area contributed by atoms with Gasteiger partial charge in [-0.3, -0.25) is 9.78 Å². The first-order valence-electron chi connectivity index (χ1n) is 8.87. The Morgan fingerprint density at radius 1 is 1.04 bits per heavy atom. The lowest BCUT2D eigenvalue weighted by molar-refractivity contribution is 0.111. The van der Waals surface area contributed by atoms with Crippen LogP contribution >= 0.6 is 0 Å². The normalized spacial score (nSPS) is 8.64. The number of rotatable bonds is 3. The van der Waals surface area contributed by atoms with Gasteiger partial charge in [-0.2, -0.15) is 0 Å². The maximum atomic E-state index is 10.5. The van der Waals surface area contributed by atoms with Crippen molar-refractivity contribution in [2.45, 2.75) is 54.9 Å². The Morgan fingerprint density at radius 2 is 1.52 bits per heavy atom. The van der Waals surface area contributed by atoms with E-state index >= 15 is 0 Å². The Labute approximate surface area is 153 Å². The number of carbonyl (C=O) groups excluding carboxylic acids is 1. The average Bonchev–Trinajstić information content (AvgIpc) is 2.59. The van der Waals surface area contributed by atoms with Gasteiger partial charge in [-0.1, -0.05) is 54.9 Å². The van der Waals surface area contributed by atoms with Crippen molar-refractivity contribution in [3.8, 4) is 11.5 Å². The van der Waals surface area contributed by atoms with Gasteiger partial charge >= 0.3 is 0 Å². The first-order chi connectivity index (χ1) is 11.9. The molecule has 2 aromatic rings. The number of anilines is 1. The van der Waals surface area contributed by atoms with Crippen molar-refractivity contribution in [2.75, 3.05) is 5.73 Å². The average molecular weight is 347 g/mol. The maximum absolute atomic E-state index is 10.5. The van der Waals surface area contributed by atoms with Gasteiger partial charge in [-0.25, -0.2) is 0 Å². The first-order valence-corrected chi connectivity index (χ1v) is 8.87. The predicted octanol–water partition coefficient (Wildman–Crippen LogP) is 6.37. The van der Waals surface area contributed by atoms with Crippen molar-refractivity contribution in [2.24, 2.45) is 5.92 Å². The van der Waals surface area contributed by atoms with E-state index in [1.807, 2.05) is 13.8 Å². The van der Waals surface area contributed by atoms with Gasteiger partial charge in [-0.05, 0) is 36.2 Å². The largest absolute Gasteiger partial charge is 0.457 e. The molecule has 0 aliphatic heterocycles. The van der Waals surface area contributed by atoms with E-state index in [0.29, 0.717) is 29.2 Å². The molecule has 1 aromatic heterocycles. The molecule has 4 nitrogen and oxygen atoms in total. The molecular weight excluding hydrogens is 312 g/mol. The monoisotopic (exact) mass is 346 g/mol. The molecule has 1 heterocycles. The van der Waals surface area contributed by atoms with Crippen LogP contribution in [-0.4, -0.2) is 11.3 Å². The Balaban J connectivity index is 0. The van der Waals surface area contributed by atoms with Crippen LogP contribution in [0.25, 0.3) is 0 Å². The highest BCUT2D eigenvalue weighted by Crippen LogP contribution is 2.21. The maximum Gasteiger partial charge on any atom is 0.168 e. The summed E-state index contributed by atoms with van der Waals surface area (Å²) in [5.41, 5.74) is 6.57. The van der Waals surface area contributed by atoms with E-state index < -0.39 is 0 Å². The van der Waals surface area contributed by atoms with Crippen molar-refractivity contribution in [3.63, 3.8) is 0 Å². The van der Waals surface area contributed by atoms with E-state index in [2.05, 4.69) is 39.6 Å². The molecule has 0 unspecified atom stereocenters. The third kappa shape index (κ3) is 14.9. The predicted molar refractivity (Wildman–Crippen MR) is 108 cm³/mol. The number of benzene rings is 1. The van der Waals surface area contributed by atoms with Gasteiger partial charge in [0, 0.05) is 18.0 Å². The summed E-state index contributed by atoms with van der Waals surface area (Å²) in [6, 6.07) is 10.3. The zero-order chi connectivity index (χ0) is 19.7. The van der Waals surface area contributed by atoms with Crippen molar-refractivity contribution >= 4 is 12.0 Å². The molecule has 0 atom stereocenters. The number of hydrogen-bond acceptors (Lipinski definition) is 4. The Kier molecular flexibility index (Phi) is 16.4. The third-order valence-corrected chi connectivity index (χ3v) is 1.99. The minimum absolute atomic E-state index is 0.341. The zero-order valence-corrected chi connectivity index (χ0v) is 16.7. The summed E-state index contributed by atoms with van der Waals surface area (Å²) in [7, 11) is 0. The van der Waals surface area contributed by atoms with Gasteiger partial charge in [-0.15, -0.1) is 0 Å². The van der Waals surface area contributed by atoms with Crippen LogP contribution < -0.4 is 10.5 Å². The zero-order valence-electron chi connectivity index (χ0n) is 16.7. The second kappa shape index (κ2) is 16.5. The number of nitrogens with zero attached hydrogens (tertiary/aromatic N) is 1. The molecule has 140 valence electrons. The molecule has 1 aromatic carbocycles. The topological polar surface area (TPSA) is 65.2 Å². The summed E-state index contributed by atoms with van der Waals surface area (Å²) >= 11 is 0.